The number of ketones is 1. The lowest BCUT2D eigenvalue weighted by molar-refractivity contribution is -0.115. The molecule has 1 N–H and O–H groups in total. The Hall–Kier alpha value is -0.790. The van der Waals surface area contributed by atoms with Crippen LogP contribution in [0.1, 0.15) is 27.2 Å². The Balaban J connectivity index is 2.37. The second-order valence-electron chi connectivity index (χ2n) is 4.53. The molecule has 2 aliphatic carbocycles. The molecular weight excluding hydrogens is 152 g/mol. The Bertz CT molecular complexity index is 282. The van der Waals surface area contributed by atoms with Gasteiger partial charge in [0.1, 0.15) is 0 Å². The van der Waals surface area contributed by atoms with Crippen molar-refractivity contribution >= 4 is 5.78 Å². The molecule has 0 aliphatic heterocycles. The number of aliphatic hydroxyl groups excluding tert-OH is 1. The van der Waals surface area contributed by atoms with Crippen LogP contribution in [0, 0.1) is 17.3 Å². The van der Waals surface area contributed by atoms with Crippen molar-refractivity contribution in [2.45, 2.75) is 27.2 Å². The Morgan fingerprint density at radius 1 is 1.58 bits per heavy atom. The smallest absolute Gasteiger partial charge is 0.162 e. The van der Waals surface area contributed by atoms with Gasteiger partial charge in [-0.05, 0) is 24.2 Å². The molecule has 12 heavy (non-hydrogen) atoms. The van der Waals surface area contributed by atoms with E-state index in [2.05, 4.69) is 13.8 Å². The number of allylic oxidation sites excluding steroid dienone is 2. The van der Waals surface area contributed by atoms with Crippen LogP contribution < -0.4 is 0 Å². The van der Waals surface area contributed by atoms with Crippen LogP contribution in [-0.2, 0) is 4.79 Å². The quantitative estimate of drug-likeness (QED) is 0.442. The summed E-state index contributed by atoms with van der Waals surface area (Å²) in [5.74, 6) is 1.24. The number of hydrogen-bond acceptors (Lipinski definition) is 2. The van der Waals surface area contributed by atoms with Gasteiger partial charge in [-0.25, -0.2) is 0 Å². The maximum atomic E-state index is 11.3. The molecule has 0 aromatic heterocycles. The van der Waals surface area contributed by atoms with Gasteiger partial charge in [0.15, 0.2) is 5.78 Å². The molecule has 2 rings (SSSR count). The van der Waals surface area contributed by atoms with Crippen LogP contribution in [0.4, 0.5) is 0 Å². The lowest BCUT2D eigenvalue weighted by Crippen LogP contribution is -2.09. The molecule has 2 atom stereocenters. The lowest BCUT2D eigenvalue weighted by Gasteiger charge is -2.09. The van der Waals surface area contributed by atoms with Gasteiger partial charge in [0, 0.05) is 12.0 Å². The third kappa shape index (κ3) is 0.728. The van der Waals surface area contributed by atoms with Crippen molar-refractivity contribution in [3.63, 3.8) is 0 Å². The van der Waals surface area contributed by atoms with E-state index in [-0.39, 0.29) is 17.0 Å². The van der Waals surface area contributed by atoms with Crippen molar-refractivity contribution in [2.75, 3.05) is 0 Å². The van der Waals surface area contributed by atoms with Crippen molar-refractivity contribution in [3.8, 4) is 0 Å². The summed E-state index contributed by atoms with van der Waals surface area (Å²) in [6.07, 6.45) is 0.644. The van der Waals surface area contributed by atoms with Gasteiger partial charge in [0.2, 0.25) is 0 Å². The Morgan fingerprint density at radius 2 is 2.17 bits per heavy atom. The van der Waals surface area contributed by atoms with Gasteiger partial charge in [-0.3, -0.25) is 4.79 Å². The summed E-state index contributed by atoms with van der Waals surface area (Å²) in [4.78, 5) is 11.3. The summed E-state index contributed by atoms with van der Waals surface area (Å²) in [7, 11) is 0. The predicted molar refractivity (Wildman–Crippen MR) is 45.7 cm³/mol. The van der Waals surface area contributed by atoms with Gasteiger partial charge < -0.3 is 5.11 Å². The maximum absolute atomic E-state index is 11.3. The normalized spacial score (nSPS) is 41.1. The Morgan fingerprint density at radius 3 is 2.50 bits per heavy atom. The molecule has 0 saturated heterocycles. The molecule has 0 bridgehead atoms. The van der Waals surface area contributed by atoms with Gasteiger partial charge >= 0.3 is 0 Å². The molecule has 0 amide bonds. The van der Waals surface area contributed by atoms with Crippen LogP contribution in [0.3, 0.4) is 0 Å². The first-order valence-electron chi connectivity index (χ1n) is 4.39. The van der Waals surface area contributed by atoms with E-state index in [1.165, 1.54) is 0 Å². The summed E-state index contributed by atoms with van der Waals surface area (Å²) in [5.41, 5.74) is 0.956. The highest BCUT2D eigenvalue weighted by Crippen LogP contribution is 2.68. The standard InChI is InChI=1S/C10H14O2/c1-5(11)8-7(12)4-6-9(8)10(6,2)3/h6,9,11H,4H2,1-3H3. The third-order valence-corrected chi connectivity index (χ3v) is 3.46. The fraction of sp³-hybridized carbons (Fsp3) is 0.700. The molecule has 2 unspecified atom stereocenters. The topological polar surface area (TPSA) is 37.3 Å². The third-order valence-electron chi connectivity index (χ3n) is 3.46. The van der Waals surface area contributed by atoms with E-state index in [0.717, 1.165) is 0 Å². The van der Waals surface area contributed by atoms with Crippen molar-refractivity contribution in [3.05, 3.63) is 11.3 Å². The zero-order valence-electron chi connectivity index (χ0n) is 7.72. The van der Waals surface area contributed by atoms with E-state index in [1.807, 2.05) is 0 Å². The van der Waals surface area contributed by atoms with Crippen LogP contribution in [0.25, 0.3) is 0 Å². The molecule has 0 spiro atoms. The molecule has 2 fully saturated rings. The summed E-state index contributed by atoms with van der Waals surface area (Å²) in [6.45, 7) is 5.94. The van der Waals surface area contributed by atoms with Gasteiger partial charge in [-0.1, -0.05) is 13.8 Å². The molecule has 2 nitrogen and oxygen atoms in total. The number of aliphatic hydroxyl groups is 1. The second-order valence-corrected chi connectivity index (χ2v) is 4.53. The van der Waals surface area contributed by atoms with Crippen LogP contribution in [-0.4, -0.2) is 10.9 Å². The predicted octanol–water partition coefficient (Wildman–Crippen LogP) is 2.06. The molecule has 0 aromatic rings. The number of Topliss-reactive ketones (excluding diaryl/α,β-unsaturated/α-hetero) is 1. The van der Waals surface area contributed by atoms with E-state index in [4.69, 9.17) is 0 Å². The molecule has 66 valence electrons. The molecule has 0 heterocycles. The molecule has 0 radical (unpaired) electrons. The maximum Gasteiger partial charge on any atom is 0.162 e. The minimum Gasteiger partial charge on any atom is -0.512 e. The van der Waals surface area contributed by atoms with E-state index < -0.39 is 0 Å². The Labute approximate surface area is 72.3 Å². The van der Waals surface area contributed by atoms with Crippen LogP contribution in [0.2, 0.25) is 0 Å². The average molecular weight is 166 g/mol. The average Bonchev–Trinajstić information content (AvgIpc) is 2.40. The highest BCUT2D eigenvalue weighted by molar-refractivity contribution is 6.00. The first kappa shape index (κ1) is 7.84. The van der Waals surface area contributed by atoms with Crippen LogP contribution >= 0.6 is 0 Å². The first-order chi connectivity index (χ1) is 5.46. The minimum atomic E-state index is 0.157. The summed E-state index contributed by atoms with van der Waals surface area (Å²) < 4.78 is 0. The molecular formula is C10H14O2. The Kier molecular flexibility index (Phi) is 1.26. The van der Waals surface area contributed by atoms with Gasteiger partial charge in [-0.15, -0.1) is 0 Å². The lowest BCUT2D eigenvalue weighted by atomic mass is 9.96. The van der Waals surface area contributed by atoms with Crippen molar-refractivity contribution in [1.29, 1.82) is 0 Å². The van der Waals surface area contributed by atoms with Gasteiger partial charge in [-0.2, -0.15) is 0 Å². The monoisotopic (exact) mass is 166 g/mol. The molecule has 2 heteroatoms. The second kappa shape index (κ2) is 1.93. The number of carbonyl (C=O) groups excluding carboxylic acids is 1. The number of hydrogen-bond donors (Lipinski definition) is 1. The summed E-state index contributed by atoms with van der Waals surface area (Å²) in [5, 5.41) is 9.31. The molecule has 2 aliphatic rings. The fourth-order valence-corrected chi connectivity index (χ4v) is 2.61. The minimum absolute atomic E-state index is 0.157. The highest BCUT2D eigenvalue weighted by Gasteiger charge is 2.65. The first-order valence-corrected chi connectivity index (χ1v) is 4.39. The zero-order valence-corrected chi connectivity index (χ0v) is 7.72. The molecule has 2 saturated carbocycles. The fourth-order valence-electron chi connectivity index (χ4n) is 2.61. The zero-order chi connectivity index (χ0) is 9.09. The number of carbonyl (C=O) groups is 1. The largest absolute Gasteiger partial charge is 0.512 e. The number of fused-ring (bicyclic) bond motifs is 1. The van der Waals surface area contributed by atoms with E-state index in [1.54, 1.807) is 6.92 Å². The van der Waals surface area contributed by atoms with Gasteiger partial charge in [0.05, 0.1) is 5.76 Å². The van der Waals surface area contributed by atoms with E-state index >= 15 is 0 Å². The van der Waals surface area contributed by atoms with Crippen LogP contribution in [0.5, 0.6) is 0 Å². The van der Waals surface area contributed by atoms with Crippen LogP contribution in [0.15, 0.2) is 11.3 Å². The molecule has 0 aromatic carbocycles. The summed E-state index contributed by atoms with van der Waals surface area (Å²) >= 11 is 0. The number of rotatable bonds is 0. The van der Waals surface area contributed by atoms with Crippen molar-refractivity contribution < 1.29 is 9.90 Å². The van der Waals surface area contributed by atoms with E-state index in [9.17, 15) is 9.90 Å². The highest BCUT2D eigenvalue weighted by atomic mass is 16.3. The van der Waals surface area contributed by atoms with E-state index in [0.29, 0.717) is 23.8 Å². The SMILES string of the molecule is CC(O)=C1C(=O)CC2C1C2(C)C. The van der Waals surface area contributed by atoms with Crippen molar-refractivity contribution in [1.82, 2.24) is 0 Å². The van der Waals surface area contributed by atoms with Crippen molar-refractivity contribution in [2.24, 2.45) is 17.3 Å². The summed E-state index contributed by atoms with van der Waals surface area (Å²) in [6, 6.07) is 0. The van der Waals surface area contributed by atoms with Gasteiger partial charge in [0.25, 0.3) is 0 Å².